The minimum Gasteiger partial charge on any atom is -0.494 e. The first-order chi connectivity index (χ1) is 15.4. The van der Waals surface area contributed by atoms with E-state index >= 15 is 0 Å². The van der Waals surface area contributed by atoms with E-state index in [2.05, 4.69) is 12.2 Å². The van der Waals surface area contributed by atoms with Gasteiger partial charge in [0.15, 0.2) is 0 Å². The van der Waals surface area contributed by atoms with Gasteiger partial charge in [-0.25, -0.2) is 8.42 Å². The number of nitrogens with one attached hydrogen (secondary N) is 1. The van der Waals surface area contributed by atoms with Gasteiger partial charge in [-0.15, -0.1) is 0 Å². The standard InChI is InChI=1S/C25H28N2O4S/c1-3-20-10-12-22(13-11-20)26-25(28)19-27(18-21-8-6-5-7-9-21)32(29,30)24-16-14-23(15-17-24)31-4-2/h5-17H,3-4,18-19H2,1-2H3,(H,26,28). The van der Waals surface area contributed by atoms with Crippen LogP contribution in [-0.2, 0) is 27.8 Å². The molecule has 1 N–H and O–H groups in total. The number of amides is 1. The van der Waals surface area contributed by atoms with Crippen molar-refractivity contribution in [2.45, 2.75) is 31.7 Å². The van der Waals surface area contributed by atoms with Crippen molar-refractivity contribution >= 4 is 21.6 Å². The number of sulfonamides is 1. The zero-order valence-corrected chi connectivity index (χ0v) is 19.1. The third-order valence-electron chi connectivity index (χ3n) is 4.94. The van der Waals surface area contributed by atoms with Gasteiger partial charge >= 0.3 is 0 Å². The van der Waals surface area contributed by atoms with Gasteiger partial charge in [0.25, 0.3) is 0 Å². The number of anilines is 1. The highest BCUT2D eigenvalue weighted by molar-refractivity contribution is 7.89. The van der Waals surface area contributed by atoms with E-state index in [1.165, 1.54) is 16.4 Å². The molecule has 32 heavy (non-hydrogen) atoms. The molecule has 0 radical (unpaired) electrons. The molecule has 168 valence electrons. The van der Waals surface area contributed by atoms with E-state index < -0.39 is 15.9 Å². The Balaban J connectivity index is 1.82. The number of nitrogens with zero attached hydrogens (tertiary/aromatic N) is 1. The monoisotopic (exact) mass is 452 g/mol. The Morgan fingerprint density at radius 1 is 0.875 bits per heavy atom. The molecule has 0 aliphatic rings. The lowest BCUT2D eigenvalue weighted by Crippen LogP contribution is -2.37. The van der Waals surface area contributed by atoms with Crippen LogP contribution in [-0.4, -0.2) is 31.8 Å². The topological polar surface area (TPSA) is 75.7 Å². The molecule has 6 nitrogen and oxygen atoms in total. The molecule has 1 amide bonds. The minimum absolute atomic E-state index is 0.0819. The smallest absolute Gasteiger partial charge is 0.243 e. The Morgan fingerprint density at radius 3 is 2.12 bits per heavy atom. The van der Waals surface area contributed by atoms with Crippen LogP contribution in [0.15, 0.2) is 83.8 Å². The molecule has 0 bridgehead atoms. The van der Waals surface area contributed by atoms with Gasteiger partial charge in [0.05, 0.1) is 18.0 Å². The second-order valence-corrected chi connectivity index (χ2v) is 9.20. The molecule has 0 saturated carbocycles. The number of hydrogen-bond donors (Lipinski definition) is 1. The number of carbonyl (C=O) groups is 1. The molecule has 3 aromatic rings. The highest BCUT2D eigenvalue weighted by atomic mass is 32.2. The quantitative estimate of drug-likeness (QED) is 0.492. The molecule has 0 aromatic heterocycles. The summed E-state index contributed by atoms with van der Waals surface area (Å²) in [7, 11) is -3.91. The summed E-state index contributed by atoms with van der Waals surface area (Å²) in [6.07, 6.45) is 0.902. The van der Waals surface area contributed by atoms with Crippen molar-refractivity contribution in [3.05, 3.63) is 90.0 Å². The average Bonchev–Trinajstić information content (AvgIpc) is 2.80. The van der Waals surface area contributed by atoms with Crippen molar-refractivity contribution < 1.29 is 17.9 Å². The predicted octanol–water partition coefficient (Wildman–Crippen LogP) is 4.48. The van der Waals surface area contributed by atoms with E-state index in [0.717, 1.165) is 17.5 Å². The van der Waals surface area contributed by atoms with Crippen molar-refractivity contribution in [1.82, 2.24) is 4.31 Å². The van der Waals surface area contributed by atoms with E-state index in [4.69, 9.17) is 4.74 Å². The van der Waals surface area contributed by atoms with Crippen LogP contribution in [0.5, 0.6) is 5.75 Å². The van der Waals surface area contributed by atoms with E-state index in [-0.39, 0.29) is 18.0 Å². The number of ether oxygens (including phenoxy) is 1. The van der Waals surface area contributed by atoms with E-state index in [1.807, 2.05) is 61.5 Å². The summed E-state index contributed by atoms with van der Waals surface area (Å²) in [4.78, 5) is 12.9. The van der Waals surface area contributed by atoms with Gasteiger partial charge in [-0.05, 0) is 60.9 Å². The maximum Gasteiger partial charge on any atom is 0.243 e. The lowest BCUT2D eigenvalue weighted by atomic mass is 10.1. The molecule has 0 atom stereocenters. The van der Waals surface area contributed by atoms with E-state index in [0.29, 0.717) is 18.0 Å². The van der Waals surface area contributed by atoms with Crippen LogP contribution in [0, 0.1) is 0 Å². The van der Waals surface area contributed by atoms with Crippen molar-refractivity contribution in [3.8, 4) is 5.75 Å². The Labute approximate surface area is 189 Å². The van der Waals surface area contributed by atoms with E-state index in [1.54, 1.807) is 12.1 Å². The van der Waals surface area contributed by atoms with Crippen molar-refractivity contribution in [1.29, 1.82) is 0 Å². The van der Waals surface area contributed by atoms with Crippen LogP contribution in [0.3, 0.4) is 0 Å². The Morgan fingerprint density at radius 2 is 1.53 bits per heavy atom. The van der Waals surface area contributed by atoms with Gasteiger partial charge in [0.2, 0.25) is 15.9 Å². The SMILES string of the molecule is CCOc1ccc(S(=O)(=O)N(CC(=O)Nc2ccc(CC)cc2)Cc2ccccc2)cc1. The lowest BCUT2D eigenvalue weighted by Gasteiger charge is -2.22. The maximum absolute atomic E-state index is 13.4. The van der Waals surface area contributed by atoms with Gasteiger partial charge in [-0.3, -0.25) is 4.79 Å². The van der Waals surface area contributed by atoms with Crippen LogP contribution < -0.4 is 10.1 Å². The molecule has 3 aromatic carbocycles. The van der Waals surface area contributed by atoms with Crippen LogP contribution in [0.2, 0.25) is 0 Å². The predicted molar refractivity (Wildman–Crippen MR) is 126 cm³/mol. The molecule has 0 heterocycles. The third-order valence-corrected chi connectivity index (χ3v) is 6.75. The summed E-state index contributed by atoms with van der Waals surface area (Å²) >= 11 is 0. The minimum atomic E-state index is -3.91. The first-order valence-corrected chi connectivity index (χ1v) is 12.0. The Kier molecular flexibility index (Phi) is 8.03. The highest BCUT2D eigenvalue weighted by Crippen LogP contribution is 2.22. The zero-order valence-electron chi connectivity index (χ0n) is 18.3. The van der Waals surface area contributed by atoms with Gasteiger partial charge in [0, 0.05) is 12.2 Å². The van der Waals surface area contributed by atoms with Gasteiger partial charge in [0.1, 0.15) is 5.75 Å². The molecule has 0 unspecified atom stereocenters. The molecular weight excluding hydrogens is 424 g/mol. The van der Waals surface area contributed by atoms with E-state index in [9.17, 15) is 13.2 Å². The summed E-state index contributed by atoms with van der Waals surface area (Å²) in [5, 5.41) is 2.79. The normalized spacial score (nSPS) is 11.3. The molecule has 0 aliphatic heterocycles. The van der Waals surface area contributed by atoms with Gasteiger partial charge in [-0.2, -0.15) is 4.31 Å². The molecule has 0 fully saturated rings. The summed E-state index contributed by atoms with van der Waals surface area (Å²) < 4.78 is 33.4. The average molecular weight is 453 g/mol. The number of hydrogen-bond acceptors (Lipinski definition) is 4. The third kappa shape index (κ3) is 6.18. The van der Waals surface area contributed by atoms with Crippen molar-refractivity contribution in [2.24, 2.45) is 0 Å². The number of aryl methyl sites for hydroxylation is 1. The van der Waals surface area contributed by atoms with Crippen molar-refractivity contribution in [3.63, 3.8) is 0 Å². The summed E-state index contributed by atoms with van der Waals surface area (Å²) in [5.74, 6) is 0.189. The summed E-state index contributed by atoms with van der Waals surface area (Å²) in [6, 6.07) is 23.0. The lowest BCUT2D eigenvalue weighted by molar-refractivity contribution is -0.116. The molecule has 0 spiro atoms. The fourth-order valence-electron chi connectivity index (χ4n) is 3.22. The Hall–Kier alpha value is -3.16. The molecule has 0 aliphatic carbocycles. The van der Waals surface area contributed by atoms with Crippen LogP contribution in [0.25, 0.3) is 0 Å². The molecular formula is C25H28N2O4S. The maximum atomic E-state index is 13.4. The van der Waals surface area contributed by atoms with Gasteiger partial charge in [-0.1, -0.05) is 49.4 Å². The largest absolute Gasteiger partial charge is 0.494 e. The first kappa shape index (κ1) is 23.5. The highest BCUT2D eigenvalue weighted by Gasteiger charge is 2.27. The molecule has 3 rings (SSSR count). The summed E-state index contributed by atoms with van der Waals surface area (Å²) in [5.41, 5.74) is 2.58. The molecule has 0 saturated heterocycles. The fraction of sp³-hybridized carbons (Fsp3) is 0.240. The number of carbonyl (C=O) groups excluding carboxylic acids is 1. The Bertz CT molecular complexity index is 1110. The second kappa shape index (κ2) is 10.9. The fourth-order valence-corrected chi connectivity index (χ4v) is 4.61. The van der Waals surface area contributed by atoms with Crippen LogP contribution >= 0.6 is 0 Å². The van der Waals surface area contributed by atoms with Crippen LogP contribution in [0.4, 0.5) is 5.69 Å². The summed E-state index contributed by atoms with van der Waals surface area (Å²) in [6.45, 7) is 4.19. The zero-order chi connectivity index (χ0) is 23.0. The first-order valence-electron chi connectivity index (χ1n) is 10.6. The molecule has 7 heteroatoms. The number of benzene rings is 3. The second-order valence-electron chi connectivity index (χ2n) is 7.26. The van der Waals surface area contributed by atoms with Crippen molar-refractivity contribution in [2.75, 3.05) is 18.5 Å². The van der Waals surface area contributed by atoms with Gasteiger partial charge < -0.3 is 10.1 Å². The van der Waals surface area contributed by atoms with Crippen LogP contribution in [0.1, 0.15) is 25.0 Å². The number of rotatable bonds is 10.